The van der Waals surface area contributed by atoms with E-state index in [2.05, 4.69) is 98.5 Å². The molecule has 3 aromatic carbocycles. The predicted molar refractivity (Wildman–Crippen MR) is 183 cm³/mol. The van der Waals surface area contributed by atoms with Gasteiger partial charge in [0.1, 0.15) is 23.8 Å². The maximum atomic E-state index is 10.2. The van der Waals surface area contributed by atoms with Gasteiger partial charge < -0.3 is 18.9 Å². The Morgan fingerprint density at radius 1 is 0.841 bits per heavy atom. The van der Waals surface area contributed by atoms with Gasteiger partial charge in [-0.1, -0.05) is 71.0 Å². The SMILES string of the molecule is COc1ccc(COc2cc(/C(=N/O)c3cccnc3)cc(-c3cccc4c3ccn4[Si](C(C)C)(C(C)C)C(C)C)c2)cc1. The second kappa shape index (κ2) is 13.1. The molecular weight excluding hydrogens is 563 g/mol. The number of oxime groups is 1. The third-order valence-electron chi connectivity index (χ3n) is 9.02. The van der Waals surface area contributed by atoms with E-state index in [-0.39, 0.29) is 0 Å². The Kier molecular flexibility index (Phi) is 9.25. The number of hydrogen-bond donors (Lipinski definition) is 1. The summed E-state index contributed by atoms with van der Waals surface area (Å²) < 4.78 is 14.3. The molecule has 0 saturated heterocycles. The van der Waals surface area contributed by atoms with E-state index in [0.717, 1.165) is 33.6 Å². The standard InChI is InChI=1S/C37H43N3O3Si/c1-25(2)44(26(3)4,27(5)6)40-19-17-35-34(11-8-12-36(35)40)30-20-31(37(39-41)29-10-9-18-38-23-29)22-33(21-30)43-24-28-13-15-32(42-7)16-14-28/h8-23,25-27,41H,24H2,1-7H3/b39-37+. The van der Waals surface area contributed by atoms with E-state index in [1.54, 1.807) is 19.5 Å². The van der Waals surface area contributed by atoms with E-state index < -0.39 is 8.24 Å². The van der Waals surface area contributed by atoms with Crippen LogP contribution in [0.1, 0.15) is 58.2 Å². The molecule has 1 N–H and O–H groups in total. The van der Waals surface area contributed by atoms with Crippen LogP contribution in [0.3, 0.4) is 0 Å². The van der Waals surface area contributed by atoms with Gasteiger partial charge in [-0.15, -0.1) is 0 Å². The number of pyridine rings is 1. The van der Waals surface area contributed by atoms with Gasteiger partial charge in [-0.25, -0.2) is 0 Å². The van der Waals surface area contributed by atoms with Crippen molar-refractivity contribution in [3.63, 3.8) is 0 Å². The highest BCUT2D eigenvalue weighted by molar-refractivity contribution is 6.82. The van der Waals surface area contributed by atoms with Gasteiger partial charge in [-0.2, -0.15) is 0 Å². The zero-order valence-electron chi connectivity index (χ0n) is 26.8. The molecule has 0 amide bonds. The maximum absolute atomic E-state index is 10.2. The molecule has 7 heteroatoms. The van der Waals surface area contributed by atoms with Crippen molar-refractivity contribution in [1.29, 1.82) is 0 Å². The lowest BCUT2D eigenvalue weighted by atomic mass is 9.96. The summed E-state index contributed by atoms with van der Waals surface area (Å²) in [5.41, 5.74) is 8.02. The third kappa shape index (κ3) is 5.76. The van der Waals surface area contributed by atoms with E-state index in [0.29, 0.717) is 34.7 Å². The lowest BCUT2D eigenvalue weighted by molar-refractivity contribution is 0.306. The zero-order chi connectivity index (χ0) is 31.4. The van der Waals surface area contributed by atoms with Gasteiger partial charge in [0.05, 0.1) is 7.11 Å². The average molecular weight is 606 g/mol. The van der Waals surface area contributed by atoms with Crippen LogP contribution >= 0.6 is 0 Å². The number of hydrogen-bond acceptors (Lipinski definition) is 5. The van der Waals surface area contributed by atoms with Crippen molar-refractivity contribution in [2.24, 2.45) is 5.16 Å². The Bertz CT molecular complexity index is 1720. The summed E-state index contributed by atoms with van der Waals surface area (Å²) in [6.07, 6.45) is 5.73. The van der Waals surface area contributed by atoms with Gasteiger partial charge >= 0.3 is 0 Å². The maximum Gasteiger partial charge on any atom is 0.169 e. The first-order valence-electron chi connectivity index (χ1n) is 15.3. The smallest absolute Gasteiger partial charge is 0.169 e. The molecule has 0 aliphatic carbocycles. The summed E-state index contributed by atoms with van der Waals surface area (Å²) in [6.45, 7) is 14.8. The molecule has 5 rings (SSSR count). The van der Waals surface area contributed by atoms with Crippen molar-refractivity contribution in [2.75, 3.05) is 7.11 Å². The van der Waals surface area contributed by atoms with Crippen molar-refractivity contribution in [1.82, 2.24) is 9.22 Å². The second-order valence-corrected chi connectivity index (χ2v) is 18.1. The van der Waals surface area contributed by atoms with Gasteiger partial charge in [0.25, 0.3) is 0 Å². The molecule has 44 heavy (non-hydrogen) atoms. The fourth-order valence-corrected chi connectivity index (χ4v) is 13.9. The van der Waals surface area contributed by atoms with Crippen molar-refractivity contribution in [3.8, 4) is 22.6 Å². The van der Waals surface area contributed by atoms with Gasteiger partial charge in [0, 0.05) is 34.4 Å². The molecule has 0 aliphatic heterocycles. The monoisotopic (exact) mass is 605 g/mol. The van der Waals surface area contributed by atoms with E-state index in [1.165, 1.54) is 10.9 Å². The summed E-state index contributed by atoms with van der Waals surface area (Å²) >= 11 is 0. The fourth-order valence-electron chi connectivity index (χ4n) is 7.24. The highest BCUT2D eigenvalue weighted by atomic mass is 28.3. The van der Waals surface area contributed by atoms with Crippen LogP contribution < -0.4 is 9.47 Å². The minimum absolute atomic E-state index is 0.386. The quantitative estimate of drug-likeness (QED) is 0.0705. The minimum atomic E-state index is -1.96. The molecule has 2 heterocycles. The first-order valence-corrected chi connectivity index (χ1v) is 17.5. The summed E-state index contributed by atoms with van der Waals surface area (Å²) in [4.78, 5) is 4.25. The Balaban J connectivity index is 1.65. The number of ether oxygens (including phenoxy) is 2. The number of nitrogens with zero attached hydrogens (tertiary/aromatic N) is 3. The predicted octanol–water partition coefficient (Wildman–Crippen LogP) is 9.54. The molecule has 2 aromatic heterocycles. The van der Waals surface area contributed by atoms with Crippen LogP contribution in [-0.4, -0.2) is 35.5 Å². The first kappa shape index (κ1) is 31.1. The molecule has 0 atom stereocenters. The van der Waals surface area contributed by atoms with Gasteiger partial charge in [0.15, 0.2) is 8.24 Å². The highest BCUT2D eigenvalue weighted by Gasteiger charge is 2.45. The van der Waals surface area contributed by atoms with Crippen LogP contribution in [0.4, 0.5) is 0 Å². The number of aromatic nitrogens is 2. The lowest BCUT2D eigenvalue weighted by Crippen LogP contribution is -2.51. The van der Waals surface area contributed by atoms with Crippen LogP contribution in [0.5, 0.6) is 11.5 Å². The summed E-state index contributed by atoms with van der Waals surface area (Å²) in [5.74, 6) is 1.49. The van der Waals surface area contributed by atoms with E-state index >= 15 is 0 Å². The lowest BCUT2D eigenvalue weighted by Gasteiger charge is -2.44. The van der Waals surface area contributed by atoms with Crippen LogP contribution in [0.2, 0.25) is 16.6 Å². The van der Waals surface area contributed by atoms with Crippen molar-refractivity contribution >= 4 is 24.9 Å². The summed E-state index contributed by atoms with van der Waals surface area (Å²) in [7, 11) is -0.303. The van der Waals surface area contributed by atoms with Crippen molar-refractivity contribution in [3.05, 3.63) is 114 Å². The fraction of sp³-hybridized carbons (Fsp3) is 0.297. The number of fused-ring (bicyclic) bond motifs is 1. The summed E-state index contributed by atoms with van der Waals surface area (Å²) in [5, 5.41) is 15.1. The molecule has 0 aliphatic rings. The van der Waals surface area contributed by atoms with Crippen LogP contribution in [-0.2, 0) is 6.61 Å². The molecule has 0 bridgehead atoms. The molecule has 0 unspecified atom stereocenters. The Morgan fingerprint density at radius 2 is 1.57 bits per heavy atom. The first-order chi connectivity index (χ1) is 21.2. The summed E-state index contributed by atoms with van der Waals surface area (Å²) in [6, 6.07) is 26.5. The Morgan fingerprint density at radius 3 is 2.18 bits per heavy atom. The Labute approximate surface area is 262 Å². The molecule has 0 fully saturated rings. The van der Waals surface area contributed by atoms with E-state index in [9.17, 15) is 5.21 Å². The van der Waals surface area contributed by atoms with Gasteiger partial charge in [0.2, 0.25) is 0 Å². The van der Waals surface area contributed by atoms with Crippen LogP contribution in [0.25, 0.3) is 22.0 Å². The largest absolute Gasteiger partial charge is 0.497 e. The topological polar surface area (TPSA) is 68.9 Å². The average Bonchev–Trinajstić information content (AvgIpc) is 3.45. The molecule has 5 aromatic rings. The molecule has 0 radical (unpaired) electrons. The second-order valence-electron chi connectivity index (χ2n) is 12.3. The molecular formula is C37H43N3O3Si. The number of benzene rings is 3. The normalized spacial score (nSPS) is 12.5. The molecule has 228 valence electrons. The Hall–Kier alpha value is -4.36. The molecule has 6 nitrogen and oxygen atoms in total. The van der Waals surface area contributed by atoms with Crippen molar-refractivity contribution < 1.29 is 14.7 Å². The van der Waals surface area contributed by atoms with Gasteiger partial charge in [-0.05, 0) is 94.1 Å². The molecule has 0 spiro atoms. The van der Waals surface area contributed by atoms with Crippen LogP contribution in [0, 0.1) is 0 Å². The third-order valence-corrected chi connectivity index (χ3v) is 15.8. The van der Waals surface area contributed by atoms with E-state index in [1.807, 2.05) is 42.5 Å². The zero-order valence-corrected chi connectivity index (χ0v) is 27.8. The highest BCUT2D eigenvalue weighted by Crippen LogP contribution is 2.45. The number of methoxy groups -OCH3 is 1. The van der Waals surface area contributed by atoms with Crippen molar-refractivity contribution in [2.45, 2.75) is 64.8 Å². The van der Waals surface area contributed by atoms with Gasteiger partial charge in [-0.3, -0.25) is 4.98 Å². The number of rotatable bonds is 11. The van der Waals surface area contributed by atoms with E-state index in [4.69, 9.17) is 9.47 Å². The minimum Gasteiger partial charge on any atom is -0.497 e. The van der Waals surface area contributed by atoms with Crippen LogP contribution in [0.15, 0.2) is 103 Å². The molecule has 0 saturated carbocycles.